The zero-order valence-corrected chi connectivity index (χ0v) is 9.45. The van der Waals surface area contributed by atoms with Gasteiger partial charge in [-0.2, -0.15) is 0 Å². The first-order chi connectivity index (χ1) is 6.66. The third-order valence-corrected chi connectivity index (χ3v) is 4.04. The van der Waals surface area contributed by atoms with Crippen molar-refractivity contribution in [1.29, 1.82) is 0 Å². The smallest absolute Gasteiger partial charge is 0.0555 e. The molecule has 0 aromatic carbocycles. The molecule has 4 unspecified atom stereocenters. The van der Waals surface area contributed by atoms with Crippen molar-refractivity contribution in [3.05, 3.63) is 0 Å². The van der Waals surface area contributed by atoms with Crippen LogP contribution < -0.4 is 0 Å². The van der Waals surface area contributed by atoms with Crippen LogP contribution in [0.2, 0.25) is 0 Å². The highest BCUT2D eigenvalue weighted by Crippen LogP contribution is 2.38. The first kappa shape index (κ1) is 10.4. The fourth-order valence-electron chi connectivity index (χ4n) is 2.71. The van der Waals surface area contributed by atoms with E-state index in [0.717, 1.165) is 24.7 Å². The van der Waals surface area contributed by atoms with Crippen LogP contribution in [0.15, 0.2) is 0 Å². The molecule has 2 aliphatic carbocycles. The molecule has 0 heterocycles. The van der Waals surface area contributed by atoms with E-state index >= 15 is 0 Å². The van der Waals surface area contributed by atoms with Crippen LogP contribution in [0.4, 0.5) is 0 Å². The summed E-state index contributed by atoms with van der Waals surface area (Å²) in [6.45, 7) is 3.59. The number of aliphatic hydroxyl groups excluding tert-OH is 1. The standard InChI is InChI=1S/C12H23NO/c1-9-6-10(9)8-13(2)11-4-3-5-12(14)7-11/h9-12,14H,3-8H2,1-2H3. The fourth-order valence-corrected chi connectivity index (χ4v) is 2.71. The summed E-state index contributed by atoms with van der Waals surface area (Å²) in [4.78, 5) is 2.48. The highest BCUT2D eigenvalue weighted by Gasteiger charge is 2.35. The third-order valence-electron chi connectivity index (χ3n) is 4.04. The zero-order chi connectivity index (χ0) is 10.1. The van der Waals surface area contributed by atoms with Gasteiger partial charge < -0.3 is 10.0 Å². The van der Waals surface area contributed by atoms with Crippen LogP contribution in [-0.4, -0.2) is 35.7 Å². The molecule has 0 amide bonds. The van der Waals surface area contributed by atoms with Crippen molar-refractivity contribution in [3.8, 4) is 0 Å². The Bertz CT molecular complexity index is 195. The molecule has 2 aliphatic rings. The Morgan fingerprint density at radius 2 is 2.00 bits per heavy atom. The highest BCUT2D eigenvalue weighted by atomic mass is 16.3. The maximum atomic E-state index is 9.60. The number of nitrogens with zero attached hydrogens (tertiary/aromatic N) is 1. The molecule has 14 heavy (non-hydrogen) atoms. The van der Waals surface area contributed by atoms with Gasteiger partial charge in [0.05, 0.1) is 6.10 Å². The molecule has 82 valence electrons. The molecule has 2 heteroatoms. The number of hydrogen-bond acceptors (Lipinski definition) is 2. The lowest BCUT2D eigenvalue weighted by Crippen LogP contribution is -2.38. The Labute approximate surface area is 87.3 Å². The van der Waals surface area contributed by atoms with Gasteiger partial charge in [0.25, 0.3) is 0 Å². The second kappa shape index (κ2) is 4.19. The van der Waals surface area contributed by atoms with Crippen molar-refractivity contribution >= 4 is 0 Å². The summed E-state index contributed by atoms with van der Waals surface area (Å²) in [6.07, 6.45) is 5.89. The zero-order valence-electron chi connectivity index (χ0n) is 9.45. The predicted octanol–water partition coefficient (Wildman–Crippen LogP) is 1.88. The SMILES string of the molecule is CC1CC1CN(C)C1CCCC(O)C1. The lowest BCUT2D eigenvalue weighted by Gasteiger charge is -2.33. The molecule has 2 rings (SSSR count). The van der Waals surface area contributed by atoms with E-state index < -0.39 is 0 Å². The van der Waals surface area contributed by atoms with Gasteiger partial charge >= 0.3 is 0 Å². The molecular weight excluding hydrogens is 174 g/mol. The first-order valence-electron chi connectivity index (χ1n) is 6.05. The Morgan fingerprint density at radius 3 is 2.57 bits per heavy atom. The predicted molar refractivity (Wildman–Crippen MR) is 58.2 cm³/mol. The van der Waals surface area contributed by atoms with Gasteiger partial charge in [-0.3, -0.25) is 0 Å². The minimum Gasteiger partial charge on any atom is -0.393 e. The lowest BCUT2D eigenvalue weighted by molar-refractivity contribution is 0.0706. The molecular formula is C12H23NO. The van der Waals surface area contributed by atoms with Crippen LogP contribution in [0, 0.1) is 11.8 Å². The molecule has 0 aliphatic heterocycles. The van der Waals surface area contributed by atoms with E-state index in [1.165, 1.54) is 25.8 Å². The molecule has 2 nitrogen and oxygen atoms in total. The Morgan fingerprint density at radius 1 is 1.29 bits per heavy atom. The van der Waals surface area contributed by atoms with Crippen molar-refractivity contribution in [2.75, 3.05) is 13.6 Å². The van der Waals surface area contributed by atoms with E-state index in [0.29, 0.717) is 6.04 Å². The van der Waals surface area contributed by atoms with Crippen molar-refractivity contribution in [3.63, 3.8) is 0 Å². The van der Waals surface area contributed by atoms with Crippen molar-refractivity contribution in [2.45, 2.75) is 51.2 Å². The highest BCUT2D eigenvalue weighted by molar-refractivity contribution is 4.87. The molecule has 0 bridgehead atoms. The summed E-state index contributed by atoms with van der Waals surface area (Å²) in [7, 11) is 2.23. The van der Waals surface area contributed by atoms with E-state index in [1.807, 2.05) is 0 Å². The molecule has 0 spiro atoms. The van der Waals surface area contributed by atoms with Crippen molar-refractivity contribution < 1.29 is 5.11 Å². The largest absolute Gasteiger partial charge is 0.393 e. The fraction of sp³-hybridized carbons (Fsp3) is 1.00. The number of rotatable bonds is 3. The Hall–Kier alpha value is -0.0800. The average Bonchev–Trinajstić information content (AvgIpc) is 2.81. The van der Waals surface area contributed by atoms with Crippen LogP contribution in [0.3, 0.4) is 0 Å². The van der Waals surface area contributed by atoms with Crippen LogP contribution >= 0.6 is 0 Å². The van der Waals surface area contributed by atoms with Crippen LogP contribution in [-0.2, 0) is 0 Å². The second-order valence-electron chi connectivity index (χ2n) is 5.39. The summed E-state index contributed by atoms with van der Waals surface area (Å²) in [5.41, 5.74) is 0. The minimum atomic E-state index is -0.0344. The Balaban J connectivity index is 1.75. The lowest BCUT2D eigenvalue weighted by atomic mass is 9.92. The minimum absolute atomic E-state index is 0.0344. The summed E-state index contributed by atoms with van der Waals surface area (Å²) in [6, 6.07) is 0.645. The van der Waals surface area contributed by atoms with E-state index in [4.69, 9.17) is 0 Å². The monoisotopic (exact) mass is 197 g/mol. The van der Waals surface area contributed by atoms with Gasteiger partial charge in [0.2, 0.25) is 0 Å². The summed E-state index contributed by atoms with van der Waals surface area (Å²) in [5.74, 6) is 1.89. The first-order valence-corrected chi connectivity index (χ1v) is 6.05. The van der Waals surface area contributed by atoms with Crippen LogP contribution in [0.5, 0.6) is 0 Å². The molecule has 0 radical (unpaired) electrons. The topological polar surface area (TPSA) is 23.5 Å². The third kappa shape index (κ3) is 2.48. The maximum Gasteiger partial charge on any atom is 0.0555 e. The second-order valence-corrected chi connectivity index (χ2v) is 5.39. The Kier molecular flexibility index (Phi) is 3.13. The van der Waals surface area contributed by atoms with Gasteiger partial charge in [0.1, 0.15) is 0 Å². The van der Waals surface area contributed by atoms with Crippen LogP contribution in [0.25, 0.3) is 0 Å². The van der Waals surface area contributed by atoms with Crippen LogP contribution in [0.1, 0.15) is 39.0 Å². The molecule has 0 aromatic heterocycles. The molecule has 4 atom stereocenters. The summed E-state index contributed by atoms with van der Waals surface area (Å²) in [5, 5.41) is 9.60. The van der Waals surface area contributed by atoms with Gasteiger partial charge in [-0.15, -0.1) is 0 Å². The number of aliphatic hydroxyl groups is 1. The van der Waals surface area contributed by atoms with Gasteiger partial charge in [-0.25, -0.2) is 0 Å². The van der Waals surface area contributed by atoms with E-state index in [-0.39, 0.29) is 6.10 Å². The van der Waals surface area contributed by atoms with E-state index in [2.05, 4.69) is 18.9 Å². The van der Waals surface area contributed by atoms with E-state index in [9.17, 15) is 5.11 Å². The maximum absolute atomic E-state index is 9.60. The quantitative estimate of drug-likeness (QED) is 0.746. The molecule has 2 fully saturated rings. The van der Waals surface area contributed by atoms with Gasteiger partial charge in [-0.05, 0) is 51.0 Å². The molecule has 1 N–H and O–H groups in total. The molecule has 0 saturated heterocycles. The van der Waals surface area contributed by atoms with E-state index in [1.54, 1.807) is 0 Å². The van der Waals surface area contributed by atoms with Crippen molar-refractivity contribution in [1.82, 2.24) is 4.90 Å². The van der Waals surface area contributed by atoms with Gasteiger partial charge in [0.15, 0.2) is 0 Å². The normalized spacial score (nSPS) is 42.9. The van der Waals surface area contributed by atoms with Crippen molar-refractivity contribution in [2.24, 2.45) is 11.8 Å². The average molecular weight is 197 g/mol. The summed E-state index contributed by atoms with van der Waals surface area (Å²) >= 11 is 0. The van der Waals surface area contributed by atoms with Gasteiger partial charge in [-0.1, -0.05) is 6.92 Å². The molecule has 2 saturated carbocycles. The van der Waals surface area contributed by atoms with Gasteiger partial charge in [0, 0.05) is 12.6 Å². The summed E-state index contributed by atoms with van der Waals surface area (Å²) < 4.78 is 0. The molecule has 0 aromatic rings. The number of hydrogen-bond donors (Lipinski definition) is 1.